The Hall–Kier alpha value is -1.57. The van der Waals surface area contributed by atoms with Crippen molar-refractivity contribution in [2.75, 3.05) is 0 Å². The fourth-order valence-electron chi connectivity index (χ4n) is 2.85. The SMILES string of the molecule is Cc1ccc2c(C(=O)C3CCCC3)c[nH]c2c1. The van der Waals surface area contributed by atoms with E-state index in [2.05, 4.69) is 30.1 Å². The van der Waals surface area contributed by atoms with Crippen LogP contribution in [0.15, 0.2) is 24.4 Å². The molecule has 1 aliphatic carbocycles. The molecule has 1 saturated carbocycles. The van der Waals surface area contributed by atoms with E-state index in [0.717, 1.165) is 29.3 Å². The number of hydrogen-bond acceptors (Lipinski definition) is 1. The number of aromatic nitrogens is 1. The average molecular weight is 227 g/mol. The smallest absolute Gasteiger partial charge is 0.168 e. The quantitative estimate of drug-likeness (QED) is 0.777. The van der Waals surface area contributed by atoms with Crippen LogP contribution in [-0.2, 0) is 0 Å². The summed E-state index contributed by atoms with van der Waals surface area (Å²) in [5.41, 5.74) is 3.18. The fraction of sp³-hybridized carbons (Fsp3) is 0.400. The lowest BCUT2D eigenvalue weighted by molar-refractivity contribution is 0.0924. The molecule has 1 fully saturated rings. The minimum atomic E-state index is 0.260. The maximum absolute atomic E-state index is 12.4. The van der Waals surface area contributed by atoms with Gasteiger partial charge in [-0.3, -0.25) is 4.79 Å². The first-order chi connectivity index (χ1) is 8.25. The standard InChI is InChI=1S/C15H17NO/c1-10-6-7-12-13(9-16-14(12)8-10)15(17)11-4-2-3-5-11/h6-9,11,16H,2-5H2,1H3. The van der Waals surface area contributed by atoms with Crippen molar-refractivity contribution >= 4 is 16.7 Å². The van der Waals surface area contributed by atoms with E-state index < -0.39 is 0 Å². The highest BCUT2D eigenvalue weighted by Gasteiger charge is 2.25. The molecule has 1 N–H and O–H groups in total. The highest BCUT2D eigenvalue weighted by molar-refractivity contribution is 6.09. The van der Waals surface area contributed by atoms with Gasteiger partial charge in [0.15, 0.2) is 5.78 Å². The summed E-state index contributed by atoms with van der Waals surface area (Å²) >= 11 is 0. The normalized spacial score (nSPS) is 16.8. The number of benzene rings is 1. The Morgan fingerprint density at radius 2 is 2.06 bits per heavy atom. The molecule has 1 aromatic carbocycles. The zero-order valence-corrected chi connectivity index (χ0v) is 10.1. The van der Waals surface area contributed by atoms with Gasteiger partial charge in [-0.15, -0.1) is 0 Å². The van der Waals surface area contributed by atoms with Crippen LogP contribution < -0.4 is 0 Å². The van der Waals surface area contributed by atoms with Gasteiger partial charge in [0.2, 0.25) is 0 Å². The highest BCUT2D eigenvalue weighted by atomic mass is 16.1. The molecule has 3 rings (SSSR count). The van der Waals surface area contributed by atoms with Gasteiger partial charge in [0.05, 0.1) is 0 Å². The second-order valence-corrected chi connectivity index (χ2v) is 5.10. The van der Waals surface area contributed by atoms with E-state index in [9.17, 15) is 4.79 Å². The molecule has 1 aliphatic rings. The van der Waals surface area contributed by atoms with Gasteiger partial charge in [-0.2, -0.15) is 0 Å². The van der Waals surface area contributed by atoms with Gasteiger partial charge in [-0.05, 0) is 31.4 Å². The first-order valence-corrected chi connectivity index (χ1v) is 6.37. The topological polar surface area (TPSA) is 32.9 Å². The zero-order chi connectivity index (χ0) is 11.8. The molecule has 17 heavy (non-hydrogen) atoms. The third-order valence-electron chi connectivity index (χ3n) is 3.83. The summed E-state index contributed by atoms with van der Waals surface area (Å²) in [4.78, 5) is 15.6. The number of hydrogen-bond donors (Lipinski definition) is 1. The van der Waals surface area contributed by atoms with Gasteiger partial charge in [-0.1, -0.05) is 25.0 Å². The van der Waals surface area contributed by atoms with Gasteiger partial charge < -0.3 is 4.98 Å². The minimum Gasteiger partial charge on any atom is -0.360 e. The third kappa shape index (κ3) is 1.78. The van der Waals surface area contributed by atoms with Crippen molar-refractivity contribution in [1.82, 2.24) is 4.98 Å². The number of nitrogens with one attached hydrogen (secondary N) is 1. The molecule has 0 radical (unpaired) electrons. The van der Waals surface area contributed by atoms with Crippen LogP contribution in [0.4, 0.5) is 0 Å². The van der Waals surface area contributed by atoms with Crippen molar-refractivity contribution in [3.63, 3.8) is 0 Å². The first kappa shape index (κ1) is 10.6. The summed E-state index contributed by atoms with van der Waals surface area (Å²) in [7, 11) is 0. The summed E-state index contributed by atoms with van der Waals surface area (Å²) in [6.45, 7) is 2.07. The van der Waals surface area contributed by atoms with Gasteiger partial charge in [0.1, 0.15) is 0 Å². The molecule has 0 saturated heterocycles. The number of carbonyl (C=O) groups is 1. The van der Waals surface area contributed by atoms with E-state index in [1.165, 1.54) is 18.4 Å². The Balaban J connectivity index is 2.02. The fourth-order valence-corrected chi connectivity index (χ4v) is 2.85. The number of rotatable bonds is 2. The van der Waals surface area contributed by atoms with Crippen LogP contribution in [0, 0.1) is 12.8 Å². The third-order valence-corrected chi connectivity index (χ3v) is 3.83. The molecule has 0 unspecified atom stereocenters. The van der Waals surface area contributed by atoms with Gasteiger partial charge in [0.25, 0.3) is 0 Å². The molecule has 1 heterocycles. The van der Waals surface area contributed by atoms with E-state index in [1.807, 2.05) is 6.20 Å². The number of fused-ring (bicyclic) bond motifs is 1. The van der Waals surface area contributed by atoms with Crippen LogP contribution in [0.2, 0.25) is 0 Å². The highest BCUT2D eigenvalue weighted by Crippen LogP contribution is 2.30. The molecular formula is C15H17NO. The number of H-pyrrole nitrogens is 1. The minimum absolute atomic E-state index is 0.260. The van der Waals surface area contributed by atoms with Crippen LogP contribution >= 0.6 is 0 Å². The van der Waals surface area contributed by atoms with E-state index >= 15 is 0 Å². The Kier molecular flexibility index (Phi) is 2.50. The van der Waals surface area contributed by atoms with Crippen LogP contribution in [-0.4, -0.2) is 10.8 Å². The second kappa shape index (κ2) is 4.02. The maximum Gasteiger partial charge on any atom is 0.168 e. The zero-order valence-electron chi connectivity index (χ0n) is 10.1. The largest absolute Gasteiger partial charge is 0.360 e. The van der Waals surface area contributed by atoms with Gasteiger partial charge in [0, 0.05) is 28.6 Å². The van der Waals surface area contributed by atoms with Crippen molar-refractivity contribution in [3.05, 3.63) is 35.5 Å². The number of carbonyl (C=O) groups excluding carboxylic acids is 1. The van der Waals surface area contributed by atoms with Crippen molar-refractivity contribution in [2.45, 2.75) is 32.6 Å². The molecule has 88 valence electrons. The predicted octanol–water partition coefficient (Wildman–Crippen LogP) is 3.85. The molecular weight excluding hydrogens is 210 g/mol. The summed E-state index contributed by atoms with van der Waals surface area (Å²) in [5.74, 6) is 0.591. The van der Waals surface area contributed by atoms with Crippen LogP contribution in [0.3, 0.4) is 0 Å². The molecule has 0 aliphatic heterocycles. The van der Waals surface area contributed by atoms with Gasteiger partial charge >= 0.3 is 0 Å². The van der Waals surface area contributed by atoms with Crippen molar-refractivity contribution in [2.24, 2.45) is 5.92 Å². The molecule has 0 amide bonds. The Morgan fingerprint density at radius 1 is 1.29 bits per heavy atom. The number of aryl methyl sites for hydroxylation is 1. The monoisotopic (exact) mass is 227 g/mol. The number of ketones is 1. The van der Waals surface area contributed by atoms with Crippen molar-refractivity contribution < 1.29 is 4.79 Å². The van der Waals surface area contributed by atoms with Crippen molar-refractivity contribution in [3.8, 4) is 0 Å². The molecule has 0 atom stereocenters. The van der Waals surface area contributed by atoms with Gasteiger partial charge in [-0.25, -0.2) is 0 Å². The van der Waals surface area contributed by atoms with Crippen LogP contribution in [0.1, 0.15) is 41.6 Å². The Bertz CT molecular complexity index is 561. The van der Waals surface area contributed by atoms with E-state index in [1.54, 1.807) is 0 Å². The maximum atomic E-state index is 12.4. The summed E-state index contributed by atoms with van der Waals surface area (Å²) < 4.78 is 0. The molecule has 0 bridgehead atoms. The Labute approximate surface area is 101 Å². The lowest BCUT2D eigenvalue weighted by Gasteiger charge is -2.06. The molecule has 0 spiro atoms. The molecule has 2 aromatic rings. The summed E-state index contributed by atoms with van der Waals surface area (Å²) in [5, 5.41) is 1.08. The van der Waals surface area contributed by atoms with Crippen LogP contribution in [0.5, 0.6) is 0 Å². The van der Waals surface area contributed by atoms with E-state index in [-0.39, 0.29) is 5.92 Å². The summed E-state index contributed by atoms with van der Waals surface area (Å²) in [6.07, 6.45) is 6.43. The lowest BCUT2D eigenvalue weighted by Crippen LogP contribution is -2.10. The predicted molar refractivity (Wildman–Crippen MR) is 69.3 cm³/mol. The average Bonchev–Trinajstić information content (AvgIpc) is 2.96. The molecule has 1 aromatic heterocycles. The molecule has 2 heteroatoms. The number of Topliss-reactive ketones (excluding diaryl/α,β-unsaturated/α-hetero) is 1. The molecule has 2 nitrogen and oxygen atoms in total. The number of aromatic amines is 1. The summed E-state index contributed by atoms with van der Waals surface area (Å²) in [6, 6.07) is 6.23. The first-order valence-electron chi connectivity index (χ1n) is 6.37. The van der Waals surface area contributed by atoms with Crippen molar-refractivity contribution in [1.29, 1.82) is 0 Å². The van der Waals surface area contributed by atoms with Crippen LogP contribution in [0.25, 0.3) is 10.9 Å². The van der Waals surface area contributed by atoms with E-state index in [4.69, 9.17) is 0 Å². The Morgan fingerprint density at radius 3 is 2.82 bits per heavy atom. The second-order valence-electron chi connectivity index (χ2n) is 5.10. The lowest BCUT2D eigenvalue weighted by atomic mass is 9.96. The van der Waals surface area contributed by atoms with E-state index in [0.29, 0.717) is 5.78 Å².